The number of benzene rings is 3. The summed E-state index contributed by atoms with van der Waals surface area (Å²) in [6, 6.07) is 19.3. The molecule has 1 amide bonds. The van der Waals surface area contributed by atoms with Crippen molar-refractivity contribution in [2.45, 2.75) is 17.7 Å². The number of fused-ring (bicyclic) bond motifs is 1. The number of amides is 1. The number of carbonyl (C=O) groups excluding carboxylic acids is 2. The quantitative estimate of drug-likeness (QED) is 0.658. The third-order valence-electron chi connectivity index (χ3n) is 4.20. The summed E-state index contributed by atoms with van der Waals surface area (Å²) in [5, 5.41) is 4.67. The van der Waals surface area contributed by atoms with E-state index in [0.717, 1.165) is 17.0 Å². The predicted octanol–water partition coefficient (Wildman–Crippen LogP) is 3.84. The summed E-state index contributed by atoms with van der Waals surface area (Å²) < 4.78 is 23.2. The molecule has 0 spiro atoms. The van der Waals surface area contributed by atoms with Gasteiger partial charge in [-0.05, 0) is 35.0 Å². The van der Waals surface area contributed by atoms with Crippen molar-refractivity contribution >= 4 is 38.0 Å². The number of rotatable bonds is 6. The van der Waals surface area contributed by atoms with Crippen molar-refractivity contribution in [2.75, 3.05) is 11.6 Å². The fraction of sp³-hybridized carbons (Fsp3) is 0.143. The van der Waals surface area contributed by atoms with Gasteiger partial charge in [0.05, 0.1) is 4.90 Å². The molecular formula is C21H19NO4S. The smallest absolute Gasteiger partial charge is 0.224 e. The van der Waals surface area contributed by atoms with Gasteiger partial charge >= 0.3 is 0 Å². The first kappa shape index (κ1) is 18.8. The van der Waals surface area contributed by atoms with Crippen LogP contribution in [0, 0.1) is 0 Å². The molecule has 0 heterocycles. The predicted molar refractivity (Wildman–Crippen MR) is 106 cm³/mol. The van der Waals surface area contributed by atoms with Crippen molar-refractivity contribution in [1.29, 1.82) is 0 Å². The molecule has 1 N–H and O–H groups in total. The molecule has 3 rings (SSSR count). The molecule has 0 aliphatic heterocycles. The summed E-state index contributed by atoms with van der Waals surface area (Å²) in [6.07, 6.45) is 1.21. The van der Waals surface area contributed by atoms with Gasteiger partial charge in [-0.2, -0.15) is 0 Å². The van der Waals surface area contributed by atoms with E-state index in [0.29, 0.717) is 11.3 Å². The maximum atomic E-state index is 12.4. The van der Waals surface area contributed by atoms with Crippen LogP contribution < -0.4 is 5.32 Å². The zero-order valence-electron chi connectivity index (χ0n) is 14.8. The third-order valence-corrected chi connectivity index (χ3v) is 5.31. The Bertz CT molecular complexity index is 1120. The minimum absolute atomic E-state index is 0.0226. The van der Waals surface area contributed by atoms with Gasteiger partial charge in [0.2, 0.25) is 5.91 Å². The van der Waals surface area contributed by atoms with Crippen LogP contribution in [0.4, 0.5) is 5.69 Å². The Balaban J connectivity index is 1.62. The van der Waals surface area contributed by atoms with Gasteiger partial charge in [0.15, 0.2) is 15.6 Å². The Morgan fingerprint density at radius 2 is 1.59 bits per heavy atom. The van der Waals surface area contributed by atoms with E-state index in [1.807, 2.05) is 36.4 Å². The van der Waals surface area contributed by atoms with E-state index < -0.39 is 9.84 Å². The van der Waals surface area contributed by atoms with E-state index in [4.69, 9.17) is 0 Å². The van der Waals surface area contributed by atoms with E-state index in [1.165, 1.54) is 12.1 Å². The molecule has 0 atom stereocenters. The Kier molecular flexibility index (Phi) is 5.37. The van der Waals surface area contributed by atoms with Crippen LogP contribution in [-0.4, -0.2) is 26.4 Å². The van der Waals surface area contributed by atoms with E-state index in [1.54, 1.807) is 18.2 Å². The lowest BCUT2D eigenvalue weighted by Gasteiger charge is -2.07. The zero-order valence-corrected chi connectivity index (χ0v) is 15.6. The number of hydrogen-bond donors (Lipinski definition) is 1. The van der Waals surface area contributed by atoms with Crippen molar-refractivity contribution in [3.63, 3.8) is 0 Å². The van der Waals surface area contributed by atoms with Crippen LogP contribution in [0.3, 0.4) is 0 Å². The van der Waals surface area contributed by atoms with Gasteiger partial charge in [0.1, 0.15) is 0 Å². The van der Waals surface area contributed by atoms with Gasteiger partial charge in [-0.25, -0.2) is 8.42 Å². The highest BCUT2D eigenvalue weighted by Crippen LogP contribution is 2.18. The van der Waals surface area contributed by atoms with Gasteiger partial charge in [-0.3, -0.25) is 9.59 Å². The number of sulfone groups is 1. The van der Waals surface area contributed by atoms with Crippen LogP contribution in [0.25, 0.3) is 10.8 Å². The maximum Gasteiger partial charge on any atom is 0.224 e. The number of nitrogens with one attached hydrogen (secondary N) is 1. The summed E-state index contributed by atoms with van der Waals surface area (Å²) in [7, 11) is -3.35. The van der Waals surface area contributed by atoms with Crippen LogP contribution in [-0.2, 0) is 14.6 Å². The van der Waals surface area contributed by atoms with Gasteiger partial charge < -0.3 is 5.32 Å². The first-order chi connectivity index (χ1) is 12.8. The summed E-state index contributed by atoms with van der Waals surface area (Å²) in [4.78, 5) is 24.6. The molecule has 0 saturated carbocycles. The molecule has 138 valence electrons. The van der Waals surface area contributed by atoms with Crippen molar-refractivity contribution in [3.8, 4) is 0 Å². The molecule has 0 fully saturated rings. The number of hydrogen-bond acceptors (Lipinski definition) is 4. The largest absolute Gasteiger partial charge is 0.326 e. The van der Waals surface area contributed by atoms with Crippen LogP contribution in [0.15, 0.2) is 71.6 Å². The molecule has 5 nitrogen and oxygen atoms in total. The van der Waals surface area contributed by atoms with Crippen molar-refractivity contribution in [1.82, 2.24) is 0 Å². The standard InChI is InChI=1S/C21H19NO4S/c1-27(25,26)19-8-4-7-18(14-19)22-21(24)12-11-20(23)17-10-9-15-5-2-3-6-16(15)13-17/h2-10,13-14H,11-12H2,1H3,(H,22,24). The van der Waals surface area contributed by atoms with Crippen LogP contribution in [0.2, 0.25) is 0 Å². The van der Waals surface area contributed by atoms with Gasteiger partial charge in [0, 0.05) is 30.3 Å². The molecule has 6 heteroatoms. The summed E-state index contributed by atoms with van der Waals surface area (Å²) in [5.74, 6) is -0.449. The highest BCUT2D eigenvalue weighted by molar-refractivity contribution is 7.90. The number of ketones is 1. The molecule has 0 aliphatic carbocycles. The lowest BCUT2D eigenvalue weighted by molar-refractivity contribution is -0.116. The number of Topliss-reactive ketones (excluding diaryl/α,β-unsaturated/α-hetero) is 1. The average molecular weight is 381 g/mol. The molecule has 0 bridgehead atoms. The summed E-state index contributed by atoms with van der Waals surface area (Å²) in [5.41, 5.74) is 0.960. The molecule has 27 heavy (non-hydrogen) atoms. The van der Waals surface area contributed by atoms with Crippen LogP contribution >= 0.6 is 0 Å². The third kappa shape index (κ3) is 4.80. The first-order valence-corrected chi connectivity index (χ1v) is 10.3. The maximum absolute atomic E-state index is 12.4. The minimum atomic E-state index is -3.35. The van der Waals surface area contributed by atoms with Crippen molar-refractivity contribution in [3.05, 3.63) is 72.3 Å². The van der Waals surface area contributed by atoms with E-state index >= 15 is 0 Å². The topological polar surface area (TPSA) is 80.3 Å². The number of carbonyl (C=O) groups is 2. The molecule has 0 aliphatic rings. The molecule has 0 saturated heterocycles. The SMILES string of the molecule is CS(=O)(=O)c1cccc(NC(=O)CCC(=O)c2ccc3ccccc3c2)c1. The van der Waals surface area contributed by atoms with E-state index in [9.17, 15) is 18.0 Å². The molecule has 0 aromatic heterocycles. The Morgan fingerprint density at radius 1 is 0.852 bits per heavy atom. The molecule has 0 unspecified atom stereocenters. The summed E-state index contributed by atoms with van der Waals surface area (Å²) >= 11 is 0. The lowest BCUT2D eigenvalue weighted by atomic mass is 10.0. The lowest BCUT2D eigenvalue weighted by Crippen LogP contribution is -2.14. The Hall–Kier alpha value is -2.99. The monoisotopic (exact) mass is 381 g/mol. The molecule has 3 aromatic carbocycles. The highest BCUT2D eigenvalue weighted by atomic mass is 32.2. The highest BCUT2D eigenvalue weighted by Gasteiger charge is 2.12. The molecule has 3 aromatic rings. The average Bonchev–Trinajstić information content (AvgIpc) is 2.65. The molecular weight excluding hydrogens is 362 g/mol. The fourth-order valence-corrected chi connectivity index (χ4v) is 3.43. The first-order valence-electron chi connectivity index (χ1n) is 8.45. The van der Waals surface area contributed by atoms with Gasteiger partial charge in [-0.1, -0.05) is 42.5 Å². The van der Waals surface area contributed by atoms with Crippen molar-refractivity contribution in [2.24, 2.45) is 0 Å². The van der Waals surface area contributed by atoms with Gasteiger partial charge in [0.25, 0.3) is 0 Å². The fourth-order valence-electron chi connectivity index (χ4n) is 2.76. The Morgan fingerprint density at radius 3 is 2.33 bits per heavy atom. The second-order valence-corrected chi connectivity index (χ2v) is 8.35. The van der Waals surface area contributed by atoms with E-state index in [-0.39, 0.29) is 29.4 Å². The van der Waals surface area contributed by atoms with Crippen LogP contribution in [0.5, 0.6) is 0 Å². The van der Waals surface area contributed by atoms with Gasteiger partial charge in [-0.15, -0.1) is 0 Å². The molecule has 0 radical (unpaired) electrons. The van der Waals surface area contributed by atoms with E-state index in [2.05, 4.69) is 5.32 Å². The van der Waals surface area contributed by atoms with Crippen LogP contribution in [0.1, 0.15) is 23.2 Å². The normalized spacial score (nSPS) is 11.3. The zero-order chi connectivity index (χ0) is 19.4. The van der Waals surface area contributed by atoms with Crippen molar-refractivity contribution < 1.29 is 18.0 Å². The number of anilines is 1. The second-order valence-electron chi connectivity index (χ2n) is 6.33. The Labute approximate surface area is 157 Å². The summed E-state index contributed by atoms with van der Waals surface area (Å²) in [6.45, 7) is 0. The second kappa shape index (κ2) is 7.72. The minimum Gasteiger partial charge on any atom is -0.326 e.